The van der Waals surface area contributed by atoms with Crippen LogP contribution in [0, 0.1) is 0 Å². The molecule has 1 aromatic carbocycles. The summed E-state index contributed by atoms with van der Waals surface area (Å²) in [5.41, 5.74) is 1.72. The fraction of sp³-hybridized carbons (Fsp3) is 0.556. The van der Waals surface area contributed by atoms with Crippen LogP contribution in [-0.4, -0.2) is 36.9 Å². The standard InChI is InChI=1S/C18H29N3O2/c1-4-5-6-7-11-21(3)14-18(23)19-13-16-9-8-10-17(12-16)20-15(2)22/h8-10,12H,4-7,11,13-14H2,1-3H3,(H,19,23)(H,20,22). The van der Waals surface area contributed by atoms with Gasteiger partial charge in [0, 0.05) is 19.2 Å². The summed E-state index contributed by atoms with van der Waals surface area (Å²) in [6.07, 6.45) is 4.83. The Labute approximate surface area is 139 Å². The molecule has 0 atom stereocenters. The molecule has 2 N–H and O–H groups in total. The Bertz CT molecular complexity index is 503. The lowest BCUT2D eigenvalue weighted by molar-refractivity contribution is -0.122. The number of unbranched alkanes of at least 4 members (excludes halogenated alkanes) is 3. The number of likely N-dealkylation sites (N-methyl/N-ethyl adjacent to an activating group) is 1. The molecule has 0 saturated heterocycles. The van der Waals surface area contributed by atoms with E-state index >= 15 is 0 Å². The maximum absolute atomic E-state index is 12.0. The average molecular weight is 319 g/mol. The summed E-state index contributed by atoms with van der Waals surface area (Å²) in [5.74, 6) is -0.0798. The Kier molecular flexibility index (Phi) is 8.98. The second-order valence-electron chi connectivity index (χ2n) is 5.96. The van der Waals surface area contributed by atoms with Crippen molar-refractivity contribution in [3.8, 4) is 0 Å². The third-order valence-electron chi connectivity index (χ3n) is 3.54. The van der Waals surface area contributed by atoms with Gasteiger partial charge in [0.25, 0.3) is 0 Å². The van der Waals surface area contributed by atoms with Gasteiger partial charge < -0.3 is 10.6 Å². The van der Waals surface area contributed by atoms with Crippen LogP contribution in [0.3, 0.4) is 0 Å². The predicted octanol–water partition coefficient (Wildman–Crippen LogP) is 2.77. The van der Waals surface area contributed by atoms with Crippen LogP contribution in [0.5, 0.6) is 0 Å². The number of benzene rings is 1. The van der Waals surface area contributed by atoms with Gasteiger partial charge in [0.15, 0.2) is 0 Å². The van der Waals surface area contributed by atoms with Gasteiger partial charge in [0.05, 0.1) is 6.54 Å². The number of carbonyl (C=O) groups is 2. The van der Waals surface area contributed by atoms with Gasteiger partial charge in [-0.3, -0.25) is 14.5 Å². The zero-order valence-electron chi connectivity index (χ0n) is 14.5. The highest BCUT2D eigenvalue weighted by molar-refractivity contribution is 5.88. The van der Waals surface area contributed by atoms with Crippen LogP contribution < -0.4 is 10.6 Å². The minimum Gasteiger partial charge on any atom is -0.351 e. The van der Waals surface area contributed by atoms with Crippen molar-refractivity contribution >= 4 is 17.5 Å². The smallest absolute Gasteiger partial charge is 0.234 e. The first-order valence-electron chi connectivity index (χ1n) is 8.33. The maximum atomic E-state index is 12.0. The lowest BCUT2D eigenvalue weighted by atomic mass is 10.2. The van der Waals surface area contributed by atoms with E-state index in [0.717, 1.165) is 24.2 Å². The molecule has 1 aromatic rings. The van der Waals surface area contributed by atoms with Crippen molar-refractivity contribution in [1.29, 1.82) is 0 Å². The third-order valence-corrected chi connectivity index (χ3v) is 3.54. The zero-order chi connectivity index (χ0) is 17.1. The summed E-state index contributed by atoms with van der Waals surface area (Å²) < 4.78 is 0. The molecule has 0 spiro atoms. The van der Waals surface area contributed by atoms with Crippen LogP contribution in [0.4, 0.5) is 5.69 Å². The Morgan fingerprint density at radius 3 is 2.65 bits per heavy atom. The third kappa shape index (κ3) is 8.98. The molecule has 0 fully saturated rings. The number of amides is 2. The first-order valence-corrected chi connectivity index (χ1v) is 8.33. The molecule has 0 radical (unpaired) electrons. The quantitative estimate of drug-likeness (QED) is 0.652. The number of hydrogen-bond acceptors (Lipinski definition) is 3. The predicted molar refractivity (Wildman–Crippen MR) is 94.2 cm³/mol. The van der Waals surface area contributed by atoms with E-state index in [1.807, 2.05) is 31.3 Å². The lowest BCUT2D eigenvalue weighted by Gasteiger charge is -2.16. The number of hydrogen-bond donors (Lipinski definition) is 2. The molecular weight excluding hydrogens is 290 g/mol. The molecule has 1 rings (SSSR count). The van der Waals surface area contributed by atoms with E-state index in [4.69, 9.17) is 0 Å². The van der Waals surface area contributed by atoms with Crippen LogP contribution in [0.15, 0.2) is 24.3 Å². The van der Waals surface area contributed by atoms with E-state index in [-0.39, 0.29) is 11.8 Å². The van der Waals surface area contributed by atoms with E-state index in [1.54, 1.807) is 0 Å². The van der Waals surface area contributed by atoms with Crippen LogP contribution in [0.2, 0.25) is 0 Å². The molecule has 5 heteroatoms. The van der Waals surface area contributed by atoms with E-state index in [2.05, 4.69) is 22.5 Å². The number of nitrogens with zero attached hydrogens (tertiary/aromatic N) is 1. The summed E-state index contributed by atoms with van der Waals surface area (Å²) in [6, 6.07) is 7.50. The Hall–Kier alpha value is -1.88. The second-order valence-corrected chi connectivity index (χ2v) is 5.96. The highest BCUT2D eigenvalue weighted by Gasteiger charge is 2.06. The zero-order valence-corrected chi connectivity index (χ0v) is 14.5. The maximum Gasteiger partial charge on any atom is 0.234 e. The topological polar surface area (TPSA) is 61.4 Å². The van der Waals surface area contributed by atoms with Crippen molar-refractivity contribution in [3.63, 3.8) is 0 Å². The summed E-state index contributed by atoms with van der Waals surface area (Å²) in [5, 5.41) is 5.66. The summed E-state index contributed by atoms with van der Waals surface area (Å²) in [4.78, 5) is 25.1. The van der Waals surface area contributed by atoms with Gasteiger partial charge in [-0.1, -0.05) is 38.3 Å². The highest BCUT2D eigenvalue weighted by Crippen LogP contribution is 2.10. The molecule has 0 heterocycles. The molecule has 0 unspecified atom stereocenters. The molecule has 0 aliphatic heterocycles. The fourth-order valence-electron chi connectivity index (χ4n) is 2.35. The molecule has 23 heavy (non-hydrogen) atoms. The van der Waals surface area contributed by atoms with E-state index in [9.17, 15) is 9.59 Å². The normalized spacial score (nSPS) is 10.6. The van der Waals surface area contributed by atoms with Crippen molar-refractivity contribution in [2.75, 3.05) is 25.5 Å². The van der Waals surface area contributed by atoms with Gasteiger partial charge in [0.2, 0.25) is 11.8 Å². The minimum absolute atomic E-state index is 0.0212. The Morgan fingerprint density at radius 1 is 1.17 bits per heavy atom. The molecule has 0 saturated carbocycles. The van der Waals surface area contributed by atoms with Crippen molar-refractivity contribution in [2.45, 2.75) is 46.1 Å². The largest absolute Gasteiger partial charge is 0.351 e. The van der Waals surface area contributed by atoms with Gasteiger partial charge in [0.1, 0.15) is 0 Å². The second kappa shape index (κ2) is 10.8. The van der Waals surface area contributed by atoms with Gasteiger partial charge in [-0.2, -0.15) is 0 Å². The summed E-state index contributed by atoms with van der Waals surface area (Å²) in [7, 11) is 1.98. The SMILES string of the molecule is CCCCCCN(C)CC(=O)NCc1cccc(NC(C)=O)c1. The lowest BCUT2D eigenvalue weighted by Crippen LogP contribution is -2.35. The van der Waals surface area contributed by atoms with Crippen LogP contribution >= 0.6 is 0 Å². The Balaban J connectivity index is 2.31. The van der Waals surface area contributed by atoms with Gasteiger partial charge >= 0.3 is 0 Å². The molecule has 0 aliphatic rings. The number of anilines is 1. The molecule has 0 bridgehead atoms. The Morgan fingerprint density at radius 2 is 1.96 bits per heavy atom. The highest BCUT2D eigenvalue weighted by atomic mass is 16.2. The number of carbonyl (C=O) groups excluding carboxylic acids is 2. The number of nitrogens with one attached hydrogen (secondary N) is 2. The van der Waals surface area contributed by atoms with Crippen LogP contribution in [-0.2, 0) is 16.1 Å². The molecular formula is C18H29N3O2. The van der Waals surface area contributed by atoms with E-state index < -0.39 is 0 Å². The van der Waals surface area contributed by atoms with Crippen molar-refractivity contribution in [3.05, 3.63) is 29.8 Å². The van der Waals surface area contributed by atoms with Crippen molar-refractivity contribution < 1.29 is 9.59 Å². The van der Waals surface area contributed by atoms with E-state index in [0.29, 0.717) is 13.1 Å². The monoisotopic (exact) mass is 319 g/mol. The van der Waals surface area contributed by atoms with Gasteiger partial charge in [-0.25, -0.2) is 0 Å². The first-order chi connectivity index (χ1) is 11.0. The molecule has 0 aromatic heterocycles. The molecule has 2 amide bonds. The molecule has 128 valence electrons. The van der Waals surface area contributed by atoms with Crippen molar-refractivity contribution in [1.82, 2.24) is 10.2 Å². The van der Waals surface area contributed by atoms with Crippen molar-refractivity contribution in [2.24, 2.45) is 0 Å². The van der Waals surface area contributed by atoms with E-state index in [1.165, 1.54) is 26.2 Å². The van der Waals surface area contributed by atoms with Gasteiger partial charge in [-0.15, -0.1) is 0 Å². The number of rotatable bonds is 10. The first kappa shape index (κ1) is 19.2. The van der Waals surface area contributed by atoms with Gasteiger partial charge in [-0.05, 0) is 37.7 Å². The molecule has 5 nitrogen and oxygen atoms in total. The van der Waals surface area contributed by atoms with Crippen LogP contribution in [0.1, 0.15) is 45.1 Å². The summed E-state index contributed by atoms with van der Waals surface area (Å²) >= 11 is 0. The fourth-order valence-corrected chi connectivity index (χ4v) is 2.35. The minimum atomic E-state index is -0.101. The average Bonchev–Trinajstić information content (AvgIpc) is 2.49. The van der Waals surface area contributed by atoms with Crippen LogP contribution in [0.25, 0.3) is 0 Å². The molecule has 0 aliphatic carbocycles. The summed E-state index contributed by atoms with van der Waals surface area (Å²) in [6.45, 7) is 5.50.